The fourth-order valence-electron chi connectivity index (χ4n) is 4.52. The molecule has 0 heterocycles. The average Bonchev–Trinajstić information content (AvgIpc) is 2.83. The SMILES string of the molecule is Clc1ccc(-c2cc3ccccc3c3ccc(-c4ccc5ccccc5c4)cc23)cc1. The molecule has 0 atom stereocenters. The van der Waals surface area contributed by atoms with Gasteiger partial charge in [0.15, 0.2) is 0 Å². The van der Waals surface area contributed by atoms with Gasteiger partial charge in [-0.3, -0.25) is 0 Å². The monoisotopic (exact) mass is 414 g/mol. The molecule has 0 nitrogen and oxygen atoms in total. The van der Waals surface area contributed by atoms with E-state index >= 15 is 0 Å². The van der Waals surface area contributed by atoms with Gasteiger partial charge in [-0.05, 0) is 84.9 Å². The minimum absolute atomic E-state index is 0.755. The fraction of sp³-hybridized carbons (Fsp3) is 0. The first-order chi connectivity index (χ1) is 15.3. The lowest BCUT2D eigenvalue weighted by molar-refractivity contribution is 1.65. The van der Waals surface area contributed by atoms with Crippen LogP contribution in [0.25, 0.3) is 54.6 Å². The minimum Gasteiger partial charge on any atom is -0.0843 e. The van der Waals surface area contributed by atoms with E-state index in [9.17, 15) is 0 Å². The summed E-state index contributed by atoms with van der Waals surface area (Å²) in [7, 11) is 0. The summed E-state index contributed by atoms with van der Waals surface area (Å²) in [6.07, 6.45) is 0. The van der Waals surface area contributed by atoms with Crippen LogP contribution in [0.1, 0.15) is 0 Å². The second-order valence-electron chi connectivity index (χ2n) is 7.97. The van der Waals surface area contributed by atoms with E-state index in [1.807, 2.05) is 12.1 Å². The van der Waals surface area contributed by atoms with Crippen molar-refractivity contribution in [2.75, 3.05) is 0 Å². The zero-order valence-corrected chi connectivity index (χ0v) is 17.6. The van der Waals surface area contributed by atoms with E-state index in [0.29, 0.717) is 0 Å². The molecule has 0 aromatic heterocycles. The third-order valence-corrected chi connectivity index (χ3v) is 6.35. The van der Waals surface area contributed by atoms with E-state index in [4.69, 9.17) is 11.6 Å². The summed E-state index contributed by atoms with van der Waals surface area (Å²) in [6.45, 7) is 0. The quantitative estimate of drug-likeness (QED) is 0.248. The molecule has 146 valence electrons. The predicted molar refractivity (Wildman–Crippen MR) is 135 cm³/mol. The Morgan fingerprint density at radius 2 is 1.03 bits per heavy atom. The number of hydrogen-bond acceptors (Lipinski definition) is 0. The molecule has 6 rings (SSSR count). The summed E-state index contributed by atoms with van der Waals surface area (Å²) >= 11 is 6.17. The standard InChI is InChI=1S/C30H19Cl/c31-26-14-11-21(12-15-26)29-19-25-7-3-4-8-27(25)28-16-13-24(18-30(28)29)23-10-9-20-5-1-2-6-22(20)17-23/h1-19H. The molecule has 0 aliphatic carbocycles. The Morgan fingerprint density at radius 1 is 0.387 bits per heavy atom. The molecule has 0 bridgehead atoms. The van der Waals surface area contributed by atoms with Gasteiger partial charge in [-0.2, -0.15) is 0 Å². The Labute approximate surface area is 186 Å². The molecule has 6 aromatic rings. The molecule has 0 fully saturated rings. The molecule has 0 N–H and O–H groups in total. The second-order valence-corrected chi connectivity index (χ2v) is 8.41. The maximum absolute atomic E-state index is 6.17. The highest BCUT2D eigenvalue weighted by Crippen LogP contribution is 2.38. The van der Waals surface area contributed by atoms with E-state index in [-0.39, 0.29) is 0 Å². The highest BCUT2D eigenvalue weighted by Gasteiger charge is 2.10. The van der Waals surface area contributed by atoms with Crippen molar-refractivity contribution < 1.29 is 0 Å². The lowest BCUT2D eigenvalue weighted by Gasteiger charge is -2.13. The Balaban J connectivity index is 1.64. The van der Waals surface area contributed by atoms with Crippen molar-refractivity contribution in [3.05, 3.63) is 120 Å². The summed E-state index contributed by atoms with van der Waals surface area (Å²) in [6, 6.07) is 41.1. The van der Waals surface area contributed by atoms with Gasteiger partial charge in [0.05, 0.1) is 0 Å². The zero-order valence-electron chi connectivity index (χ0n) is 16.8. The molecular formula is C30H19Cl. The summed E-state index contributed by atoms with van der Waals surface area (Å²) in [5.74, 6) is 0. The van der Waals surface area contributed by atoms with Crippen LogP contribution in [0.5, 0.6) is 0 Å². The van der Waals surface area contributed by atoms with E-state index in [1.54, 1.807) is 0 Å². The maximum Gasteiger partial charge on any atom is 0.0406 e. The molecule has 0 unspecified atom stereocenters. The number of halogens is 1. The molecule has 0 saturated carbocycles. The average molecular weight is 415 g/mol. The van der Waals surface area contributed by atoms with Crippen molar-refractivity contribution >= 4 is 43.9 Å². The van der Waals surface area contributed by atoms with Gasteiger partial charge in [-0.15, -0.1) is 0 Å². The molecule has 6 aromatic carbocycles. The minimum atomic E-state index is 0.755. The molecule has 0 amide bonds. The van der Waals surface area contributed by atoms with Crippen LogP contribution in [0.2, 0.25) is 5.02 Å². The molecule has 31 heavy (non-hydrogen) atoms. The summed E-state index contributed by atoms with van der Waals surface area (Å²) in [5.41, 5.74) is 4.86. The lowest BCUT2D eigenvalue weighted by Crippen LogP contribution is -1.87. The van der Waals surface area contributed by atoms with Crippen molar-refractivity contribution in [1.29, 1.82) is 0 Å². The number of hydrogen-bond donors (Lipinski definition) is 0. The van der Waals surface area contributed by atoms with Gasteiger partial charge < -0.3 is 0 Å². The molecule has 0 aliphatic heterocycles. The van der Waals surface area contributed by atoms with Crippen LogP contribution in [-0.4, -0.2) is 0 Å². The smallest absolute Gasteiger partial charge is 0.0406 e. The van der Waals surface area contributed by atoms with E-state index in [1.165, 1.54) is 54.6 Å². The highest BCUT2D eigenvalue weighted by atomic mass is 35.5. The van der Waals surface area contributed by atoms with Gasteiger partial charge in [-0.1, -0.05) is 96.5 Å². The Hall–Kier alpha value is -3.61. The van der Waals surface area contributed by atoms with Crippen molar-refractivity contribution in [3.8, 4) is 22.3 Å². The first kappa shape index (κ1) is 18.2. The molecule has 0 aliphatic rings. The van der Waals surface area contributed by atoms with E-state index in [2.05, 4.69) is 103 Å². The van der Waals surface area contributed by atoms with Crippen LogP contribution in [0.4, 0.5) is 0 Å². The molecule has 0 radical (unpaired) electrons. The maximum atomic E-state index is 6.17. The molecule has 0 saturated heterocycles. The van der Waals surface area contributed by atoms with E-state index < -0.39 is 0 Å². The third-order valence-electron chi connectivity index (χ3n) is 6.10. The number of rotatable bonds is 2. The van der Waals surface area contributed by atoms with Gasteiger partial charge >= 0.3 is 0 Å². The highest BCUT2D eigenvalue weighted by molar-refractivity contribution is 6.30. The third kappa shape index (κ3) is 3.17. The van der Waals surface area contributed by atoms with Gasteiger partial charge in [-0.25, -0.2) is 0 Å². The second kappa shape index (κ2) is 7.27. The van der Waals surface area contributed by atoms with Gasteiger partial charge in [0, 0.05) is 5.02 Å². The fourth-order valence-corrected chi connectivity index (χ4v) is 4.65. The van der Waals surface area contributed by atoms with Crippen LogP contribution < -0.4 is 0 Å². The predicted octanol–water partition coefficient (Wildman–Crippen LogP) is 9.13. The first-order valence-electron chi connectivity index (χ1n) is 10.5. The van der Waals surface area contributed by atoms with Crippen LogP contribution in [0.15, 0.2) is 115 Å². The number of fused-ring (bicyclic) bond motifs is 4. The van der Waals surface area contributed by atoms with Crippen molar-refractivity contribution in [2.24, 2.45) is 0 Å². The van der Waals surface area contributed by atoms with Crippen molar-refractivity contribution in [1.82, 2.24) is 0 Å². The summed E-state index contributed by atoms with van der Waals surface area (Å²) in [4.78, 5) is 0. The molecule has 0 spiro atoms. The van der Waals surface area contributed by atoms with Crippen molar-refractivity contribution in [3.63, 3.8) is 0 Å². The van der Waals surface area contributed by atoms with Gasteiger partial charge in [0.25, 0.3) is 0 Å². The first-order valence-corrected chi connectivity index (χ1v) is 10.8. The Morgan fingerprint density at radius 3 is 1.87 bits per heavy atom. The van der Waals surface area contributed by atoms with Crippen molar-refractivity contribution in [2.45, 2.75) is 0 Å². The normalized spacial score (nSPS) is 11.4. The van der Waals surface area contributed by atoms with Gasteiger partial charge in [0.1, 0.15) is 0 Å². The van der Waals surface area contributed by atoms with Crippen LogP contribution in [0.3, 0.4) is 0 Å². The summed E-state index contributed by atoms with van der Waals surface area (Å²) in [5, 5.41) is 8.33. The lowest BCUT2D eigenvalue weighted by atomic mass is 9.91. The zero-order chi connectivity index (χ0) is 20.8. The van der Waals surface area contributed by atoms with Gasteiger partial charge in [0.2, 0.25) is 0 Å². The largest absolute Gasteiger partial charge is 0.0843 e. The molecular weight excluding hydrogens is 396 g/mol. The summed E-state index contributed by atoms with van der Waals surface area (Å²) < 4.78 is 0. The molecule has 1 heteroatoms. The Kier molecular flexibility index (Phi) is 4.26. The number of benzene rings is 6. The van der Waals surface area contributed by atoms with Crippen LogP contribution >= 0.6 is 11.6 Å². The Bertz CT molecular complexity index is 1580. The topological polar surface area (TPSA) is 0 Å². The van der Waals surface area contributed by atoms with E-state index in [0.717, 1.165) is 5.02 Å². The van der Waals surface area contributed by atoms with Crippen LogP contribution in [-0.2, 0) is 0 Å². The van der Waals surface area contributed by atoms with Crippen LogP contribution in [0, 0.1) is 0 Å².